The quantitative estimate of drug-likeness (QED) is 0.790. The molecule has 3 heterocycles. The molecule has 0 amide bonds. The van der Waals surface area contributed by atoms with Crippen LogP contribution in [0.3, 0.4) is 0 Å². The lowest BCUT2D eigenvalue weighted by atomic mass is 9.65. The number of piperidine rings is 1. The second-order valence-corrected chi connectivity index (χ2v) is 7.27. The molecule has 2 aliphatic heterocycles. The lowest BCUT2D eigenvalue weighted by molar-refractivity contribution is -0.146. The topological polar surface area (TPSA) is 34.5 Å². The van der Waals surface area contributed by atoms with Crippen LogP contribution >= 0.6 is 0 Å². The fourth-order valence-electron chi connectivity index (χ4n) is 5.32. The number of aromatic nitrogens is 1. The van der Waals surface area contributed by atoms with E-state index in [1.807, 2.05) is 0 Å². The van der Waals surface area contributed by atoms with Crippen molar-refractivity contribution in [3.05, 3.63) is 41.7 Å². The summed E-state index contributed by atoms with van der Waals surface area (Å²) in [4.78, 5) is 15.3. The molecule has 4 nitrogen and oxygen atoms in total. The maximum absolute atomic E-state index is 12.8. The van der Waals surface area contributed by atoms with Gasteiger partial charge in [0.1, 0.15) is 0 Å². The SMILES string of the molecule is CC[C@@H]1CN2C=Cn3c4c(c5ccccc53)[C@@H](C(=O)OC)[C@H]1C[C@@H]42. The smallest absolute Gasteiger partial charge is 0.313 e. The zero-order chi connectivity index (χ0) is 16.4. The van der Waals surface area contributed by atoms with Gasteiger partial charge in [-0.2, -0.15) is 0 Å². The van der Waals surface area contributed by atoms with Gasteiger partial charge in [0.25, 0.3) is 0 Å². The molecule has 0 unspecified atom stereocenters. The summed E-state index contributed by atoms with van der Waals surface area (Å²) in [5.41, 5.74) is 3.72. The molecule has 24 heavy (non-hydrogen) atoms. The Balaban J connectivity index is 1.85. The third-order valence-corrected chi connectivity index (χ3v) is 6.38. The number of ether oxygens (including phenoxy) is 1. The van der Waals surface area contributed by atoms with E-state index in [0.717, 1.165) is 19.4 Å². The van der Waals surface area contributed by atoms with Gasteiger partial charge in [0, 0.05) is 30.0 Å². The van der Waals surface area contributed by atoms with Crippen molar-refractivity contribution in [3.63, 3.8) is 0 Å². The van der Waals surface area contributed by atoms with Crippen molar-refractivity contribution in [3.8, 4) is 0 Å². The largest absolute Gasteiger partial charge is 0.469 e. The first kappa shape index (κ1) is 14.1. The summed E-state index contributed by atoms with van der Waals surface area (Å²) in [7, 11) is 1.52. The summed E-state index contributed by atoms with van der Waals surface area (Å²) in [6, 6.07) is 8.86. The van der Waals surface area contributed by atoms with E-state index in [1.165, 1.54) is 29.3 Å². The van der Waals surface area contributed by atoms with Gasteiger partial charge < -0.3 is 14.2 Å². The highest BCUT2D eigenvalue weighted by atomic mass is 16.5. The zero-order valence-corrected chi connectivity index (χ0v) is 14.1. The Morgan fingerprint density at radius 2 is 2.12 bits per heavy atom. The summed E-state index contributed by atoms with van der Waals surface area (Å²) >= 11 is 0. The van der Waals surface area contributed by atoms with Crippen LogP contribution in [0.1, 0.15) is 43.0 Å². The van der Waals surface area contributed by atoms with Gasteiger partial charge in [-0.05, 0) is 29.9 Å². The third-order valence-electron chi connectivity index (χ3n) is 6.38. The molecule has 124 valence electrons. The van der Waals surface area contributed by atoms with E-state index in [-0.39, 0.29) is 11.9 Å². The number of para-hydroxylation sites is 1. The average Bonchev–Trinajstić information content (AvgIpc) is 2.96. The molecule has 1 saturated heterocycles. The van der Waals surface area contributed by atoms with Crippen molar-refractivity contribution in [1.29, 1.82) is 0 Å². The number of methoxy groups -OCH3 is 1. The number of carbonyl (C=O) groups excluding carboxylic acids is 1. The van der Waals surface area contributed by atoms with Crippen LogP contribution in [0.4, 0.5) is 0 Å². The summed E-state index contributed by atoms with van der Waals surface area (Å²) < 4.78 is 7.55. The molecule has 2 bridgehead atoms. The lowest BCUT2D eigenvalue weighted by Gasteiger charge is -2.51. The van der Waals surface area contributed by atoms with Gasteiger partial charge in [0.05, 0.1) is 24.6 Å². The van der Waals surface area contributed by atoms with Crippen LogP contribution in [0.25, 0.3) is 17.1 Å². The lowest BCUT2D eigenvalue weighted by Crippen LogP contribution is -2.48. The van der Waals surface area contributed by atoms with E-state index >= 15 is 0 Å². The number of rotatable bonds is 2. The zero-order valence-electron chi connectivity index (χ0n) is 14.1. The highest BCUT2D eigenvalue weighted by Gasteiger charge is 2.50. The molecule has 0 N–H and O–H groups in total. The minimum atomic E-state index is -0.133. The molecule has 4 atom stereocenters. The van der Waals surface area contributed by atoms with E-state index in [4.69, 9.17) is 4.74 Å². The van der Waals surface area contributed by atoms with E-state index in [9.17, 15) is 4.79 Å². The number of nitrogens with zero attached hydrogens (tertiary/aromatic N) is 2. The van der Waals surface area contributed by atoms with Crippen LogP contribution in [0, 0.1) is 11.8 Å². The number of hydrogen-bond acceptors (Lipinski definition) is 3. The molecule has 2 aromatic rings. The maximum atomic E-state index is 12.8. The Bertz CT molecular complexity index is 866. The van der Waals surface area contributed by atoms with Crippen molar-refractivity contribution in [2.75, 3.05) is 13.7 Å². The van der Waals surface area contributed by atoms with Crippen LogP contribution in [0.5, 0.6) is 0 Å². The number of benzene rings is 1. The average molecular weight is 322 g/mol. The summed E-state index contributed by atoms with van der Waals surface area (Å²) in [5.74, 6) is 0.704. The molecule has 5 rings (SSSR count). The molecule has 1 aromatic heterocycles. The van der Waals surface area contributed by atoms with Gasteiger partial charge >= 0.3 is 5.97 Å². The molecular weight excluding hydrogens is 300 g/mol. The molecule has 1 aliphatic carbocycles. The minimum Gasteiger partial charge on any atom is -0.469 e. The van der Waals surface area contributed by atoms with Gasteiger partial charge in [-0.3, -0.25) is 4.79 Å². The molecule has 1 fully saturated rings. The normalized spacial score (nSPS) is 29.8. The number of carbonyl (C=O) groups is 1. The van der Waals surface area contributed by atoms with Crippen LogP contribution < -0.4 is 0 Å². The number of hydrogen-bond donors (Lipinski definition) is 0. The highest BCUT2D eigenvalue weighted by Crippen LogP contribution is 2.55. The second kappa shape index (κ2) is 4.88. The van der Waals surface area contributed by atoms with E-state index in [2.05, 4.69) is 53.1 Å². The summed E-state index contributed by atoms with van der Waals surface area (Å²) in [5, 5.41) is 1.21. The van der Waals surface area contributed by atoms with Gasteiger partial charge in [-0.1, -0.05) is 31.5 Å². The summed E-state index contributed by atoms with van der Waals surface area (Å²) in [6.45, 7) is 3.28. The van der Waals surface area contributed by atoms with Crippen molar-refractivity contribution in [2.45, 2.75) is 31.7 Å². The van der Waals surface area contributed by atoms with Gasteiger partial charge in [-0.15, -0.1) is 0 Å². The monoisotopic (exact) mass is 322 g/mol. The van der Waals surface area contributed by atoms with Crippen molar-refractivity contribution < 1.29 is 9.53 Å². The molecule has 3 aliphatic rings. The Morgan fingerprint density at radius 1 is 1.29 bits per heavy atom. The maximum Gasteiger partial charge on any atom is 0.313 e. The van der Waals surface area contributed by atoms with E-state index in [0.29, 0.717) is 17.9 Å². The fourth-order valence-corrected chi connectivity index (χ4v) is 5.32. The second-order valence-electron chi connectivity index (χ2n) is 7.27. The standard InChI is InChI=1S/C20H22N2O2/c1-3-12-11-21-8-9-22-15-7-5-4-6-13(15)17-18(20(23)24-2)14(12)10-16(21)19(17)22/h4-9,12,14,16,18H,3,10-11H2,1-2H3/t12-,14+,16+,18+/m1/s1. The van der Waals surface area contributed by atoms with Crippen molar-refractivity contribution in [2.24, 2.45) is 11.8 Å². The molecule has 0 saturated carbocycles. The van der Waals surface area contributed by atoms with Crippen LogP contribution in [-0.2, 0) is 9.53 Å². The first-order chi connectivity index (χ1) is 11.7. The van der Waals surface area contributed by atoms with Crippen molar-refractivity contribution in [1.82, 2.24) is 9.47 Å². The van der Waals surface area contributed by atoms with Gasteiger partial charge in [-0.25, -0.2) is 0 Å². The fraction of sp³-hybridized carbons (Fsp3) is 0.450. The Labute approximate surface area is 141 Å². The summed E-state index contributed by atoms with van der Waals surface area (Å²) in [6.07, 6.45) is 6.56. The predicted molar refractivity (Wildman–Crippen MR) is 93.4 cm³/mol. The Kier molecular flexibility index (Phi) is 2.88. The van der Waals surface area contributed by atoms with Crippen LogP contribution in [-0.4, -0.2) is 29.1 Å². The Hall–Kier alpha value is -2.23. The van der Waals surface area contributed by atoms with E-state index in [1.54, 1.807) is 0 Å². The predicted octanol–water partition coefficient (Wildman–Crippen LogP) is 3.74. The molecule has 0 spiro atoms. The van der Waals surface area contributed by atoms with Crippen molar-refractivity contribution >= 4 is 23.1 Å². The molecule has 0 radical (unpaired) electrons. The van der Waals surface area contributed by atoms with Crippen LogP contribution in [0.2, 0.25) is 0 Å². The molecule has 1 aromatic carbocycles. The number of esters is 1. The molecule has 4 heteroatoms. The van der Waals surface area contributed by atoms with Gasteiger partial charge in [0.2, 0.25) is 0 Å². The minimum absolute atomic E-state index is 0.0703. The first-order valence-corrected chi connectivity index (χ1v) is 8.89. The van der Waals surface area contributed by atoms with Gasteiger partial charge in [0.15, 0.2) is 0 Å². The Morgan fingerprint density at radius 3 is 2.92 bits per heavy atom. The first-order valence-electron chi connectivity index (χ1n) is 8.89. The third kappa shape index (κ3) is 1.61. The molecular formula is C20H22N2O2. The van der Waals surface area contributed by atoms with E-state index < -0.39 is 0 Å². The highest BCUT2D eigenvalue weighted by molar-refractivity contribution is 5.94. The number of fused-ring (bicyclic) bond motifs is 4. The van der Waals surface area contributed by atoms with Crippen LogP contribution in [0.15, 0.2) is 30.5 Å².